The van der Waals surface area contributed by atoms with E-state index in [1.54, 1.807) is 11.0 Å². The van der Waals surface area contributed by atoms with Gasteiger partial charge in [0, 0.05) is 31.8 Å². The van der Waals surface area contributed by atoms with Crippen molar-refractivity contribution in [2.45, 2.75) is 12.8 Å². The second-order valence-electron chi connectivity index (χ2n) is 4.65. The van der Waals surface area contributed by atoms with Gasteiger partial charge in [0.15, 0.2) is 6.61 Å². The molecule has 1 aliphatic heterocycles. The van der Waals surface area contributed by atoms with Crippen molar-refractivity contribution in [1.82, 2.24) is 9.88 Å². The molecule has 0 radical (unpaired) electrons. The zero-order valence-corrected chi connectivity index (χ0v) is 10.8. The predicted molar refractivity (Wildman–Crippen MR) is 66.8 cm³/mol. The summed E-state index contributed by atoms with van der Waals surface area (Å²) in [5.74, 6) is -0.315. The van der Waals surface area contributed by atoms with Gasteiger partial charge in [0.2, 0.25) is 5.88 Å². The molecule has 110 valence electrons. The average molecular weight is 286 g/mol. The summed E-state index contributed by atoms with van der Waals surface area (Å²) in [7, 11) is 0. The van der Waals surface area contributed by atoms with E-state index in [9.17, 15) is 13.6 Å². The number of hydrogen-bond acceptors (Lipinski definition) is 4. The van der Waals surface area contributed by atoms with Crippen LogP contribution in [-0.2, 0) is 0 Å². The maximum absolute atomic E-state index is 12.3. The third-order valence-electron chi connectivity index (χ3n) is 3.18. The largest absolute Gasteiger partial charge is 0.471 e. The summed E-state index contributed by atoms with van der Waals surface area (Å²) in [5.41, 5.74) is 0.173. The molecule has 0 saturated carbocycles. The van der Waals surface area contributed by atoms with Crippen molar-refractivity contribution in [2.24, 2.45) is 5.92 Å². The normalized spacial score (nSPS) is 18.6. The van der Waals surface area contributed by atoms with E-state index < -0.39 is 13.0 Å². The molecule has 20 heavy (non-hydrogen) atoms. The molecule has 1 aromatic heterocycles. The van der Waals surface area contributed by atoms with Crippen molar-refractivity contribution >= 4 is 5.91 Å². The zero-order chi connectivity index (χ0) is 14.5. The summed E-state index contributed by atoms with van der Waals surface area (Å²) in [6, 6.07) is 3.06. The molecule has 1 fully saturated rings. The summed E-state index contributed by atoms with van der Waals surface area (Å²) >= 11 is 0. The van der Waals surface area contributed by atoms with Crippen LogP contribution >= 0.6 is 0 Å². The smallest absolute Gasteiger partial charge is 0.272 e. The molecule has 0 spiro atoms. The number of aromatic nitrogens is 1. The fourth-order valence-electron chi connectivity index (χ4n) is 2.15. The monoisotopic (exact) mass is 286 g/mol. The second-order valence-corrected chi connectivity index (χ2v) is 4.65. The fourth-order valence-corrected chi connectivity index (χ4v) is 2.15. The summed E-state index contributed by atoms with van der Waals surface area (Å²) in [6.07, 6.45) is -0.501. The highest BCUT2D eigenvalue weighted by Gasteiger charge is 2.28. The van der Waals surface area contributed by atoms with Crippen LogP contribution in [-0.4, -0.2) is 53.6 Å². The van der Waals surface area contributed by atoms with Gasteiger partial charge in [-0.2, -0.15) is 0 Å². The van der Waals surface area contributed by atoms with E-state index in [1.165, 1.54) is 12.3 Å². The van der Waals surface area contributed by atoms with Crippen LogP contribution in [0.3, 0.4) is 0 Å². The predicted octanol–water partition coefficient (Wildman–Crippen LogP) is 1.18. The van der Waals surface area contributed by atoms with Gasteiger partial charge in [-0.05, 0) is 18.6 Å². The number of nitrogens with zero attached hydrogens (tertiary/aromatic N) is 2. The third-order valence-corrected chi connectivity index (χ3v) is 3.18. The van der Waals surface area contributed by atoms with Gasteiger partial charge in [-0.25, -0.2) is 13.8 Å². The number of pyridine rings is 1. The first kappa shape index (κ1) is 14.6. The number of halogens is 2. The van der Waals surface area contributed by atoms with Gasteiger partial charge >= 0.3 is 0 Å². The molecule has 2 rings (SSSR count). The molecule has 0 aliphatic carbocycles. The Bertz CT molecular complexity index is 471. The molecular weight excluding hydrogens is 270 g/mol. The molecule has 1 atom stereocenters. The molecule has 1 unspecified atom stereocenters. The standard InChI is InChI=1S/C13H16F2N2O3/c14-11(15)8-20-12-10(2-1-4-16-12)13(19)17-5-3-9(6-17)7-18/h1-2,4,9,11,18H,3,5-8H2. The molecule has 1 amide bonds. The second kappa shape index (κ2) is 6.60. The molecule has 1 aromatic rings. The van der Waals surface area contributed by atoms with Gasteiger partial charge in [0.1, 0.15) is 5.56 Å². The minimum atomic E-state index is -2.62. The highest BCUT2D eigenvalue weighted by atomic mass is 19.3. The van der Waals surface area contributed by atoms with Crippen molar-refractivity contribution in [3.63, 3.8) is 0 Å². The zero-order valence-electron chi connectivity index (χ0n) is 10.8. The van der Waals surface area contributed by atoms with E-state index in [1.807, 2.05) is 0 Å². The van der Waals surface area contributed by atoms with Gasteiger partial charge in [0.25, 0.3) is 12.3 Å². The molecule has 1 N–H and O–H groups in total. The number of aliphatic hydroxyl groups excluding tert-OH is 1. The molecule has 0 aromatic carbocycles. The molecule has 7 heteroatoms. The molecule has 2 heterocycles. The molecule has 0 bridgehead atoms. The average Bonchev–Trinajstić information content (AvgIpc) is 2.93. The molecule has 5 nitrogen and oxygen atoms in total. The number of rotatable bonds is 5. The first-order valence-corrected chi connectivity index (χ1v) is 6.38. The Morgan fingerprint density at radius 2 is 2.40 bits per heavy atom. The third kappa shape index (κ3) is 3.41. The summed E-state index contributed by atoms with van der Waals surface area (Å²) in [6.45, 7) is 0.230. The SMILES string of the molecule is O=C(c1cccnc1OCC(F)F)N1CCC(CO)C1. The van der Waals surface area contributed by atoms with Crippen molar-refractivity contribution < 1.29 is 23.4 Å². The highest BCUT2D eigenvalue weighted by molar-refractivity contribution is 5.96. The lowest BCUT2D eigenvalue weighted by atomic mass is 10.1. The first-order chi connectivity index (χ1) is 9.61. The number of carbonyl (C=O) groups is 1. The Hall–Kier alpha value is -1.76. The van der Waals surface area contributed by atoms with Crippen LogP contribution in [0.5, 0.6) is 5.88 Å². The van der Waals surface area contributed by atoms with E-state index in [0.717, 1.165) is 6.42 Å². The van der Waals surface area contributed by atoms with E-state index >= 15 is 0 Å². The molecular formula is C13H16F2N2O3. The summed E-state index contributed by atoms with van der Waals surface area (Å²) in [5, 5.41) is 9.08. The maximum atomic E-state index is 12.3. The minimum Gasteiger partial charge on any atom is -0.471 e. The maximum Gasteiger partial charge on any atom is 0.272 e. The Morgan fingerprint density at radius 1 is 1.60 bits per heavy atom. The number of ether oxygens (including phenoxy) is 1. The van der Waals surface area contributed by atoms with Gasteiger partial charge in [-0.3, -0.25) is 4.79 Å². The molecule has 1 saturated heterocycles. The van der Waals surface area contributed by atoms with Crippen LogP contribution < -0.4 is 4.74 Å². The van der Waals surface area contributed by atoms with E-state index in [4.69, 9.17) is 9.84 Å². The number of amides is 1. The lowest BCUT2D eigenvalue weighted by molar-refractivity contribution is 0.0718. The first-order valence-electron chi connectivity index (χ1n) is 6.38. The number of hydrogen-bond donors (Lipinski definition) is 1. The highest BCUT2D eigenvalue weighted by Crippen LogP contribution is 2.22. The number of likely N-dealkylation sites (tertiary alicyclic amines) is 1. The lowest BCUT2D eigenvalue weighted by Crippen LogP contribution is -2.29. The minimum absolute atomic E-state index is 0.0333. The van der Waals surface area contributed by atoms with Crippen molar-refractivity contribution in [1.29, 1.82) is 0 Å². The van der Waals surface area contributed by atoms with Crippen LogP contribution in [0.15, 0.2) is 18.3 Å². The Labute approximate surface area is 115 Å². The fraction of sp³-hybridized carbons (Fsp3) is 0.538. The van der Waals surface area contributed by atoms with Crippen LogP contribution in [0.4, 0.5) is 8.78 Å². The Balaban J connectivity index is 2.09. The number of alkyl halides is 2. The van der Waals surface area contributed by atoms with Crippen LogP contribution in [0, 0.1) is 5.92 Å². The Morgan fingerprint density at radius 3 is 3.05 bits per heavy atom. The van der Waals surface area contributed by atoms with E-state index in [-0.39, 0.29) is 29.9 Å². The van der Waals surface area contributed by atoms with Crippen LogP contribution in [0.25, 0.3) is 0 Å². The van der Waals surface area contributed by atoms with Crippen molar-refractivity contribution in [2.75, 3.05) is 26.3 Å². The lowest BCUT2D eigenvalue weighted by Gasteiger charge is -2.17. The van der Waals surface area contributed by atoms with E-state index in [0.29, 0.717) is 13.1 Å². The van der Waals surface area contributed by atoms with Gasteiger partial charge in [-0.15, -0.1) is 0 Å². The molecule has 1 aliphatic rings. The summed E-state index contributed by atoms with van der Waals surface area (Å²) < 4.78 is 29.2. The van der Waals surface area contributed by atoms with Crippen molar-refractivity contribution in [3.05, 3.63) is 23.9 Å². The summed E-state index contributed by atoms with van der Waals surface area (Å²) in [4.78, 5) is 17.7. The number of aliphatic hydroxyl groups is 1. The number of carbonyl (C=O) groups excluding carboxylic acids is 1. The topological polar surface area (TPSA) is 62.7 Å². The van der Waals surface area contributed by atoms with Gasteiger partial charge in [0.05, 0.1) is 0 Å². The van der Waals surface area contributed by atoms with Crippen LogP contribution in [0.2, 0.25) is 0 Å². The van der Waals surface area contributed by atoms with Gasteiger partial charge < -0.3 is 14.7 Å². The van der Waals surface area contributed by atoms with Crippen molar-refractivity contribution in [3.8, 4) is 5.88 Å². The van der Waals surface area contributed by atoms with E-state index in [2.05, 4.69) is 4.98 Å². The Kier molecular flexibility index (Phi) is 4.84. The van der Waals surface area contributed by atoms with Crippen LogP contribution in [0.1, 0.15) is 16.8 Å². The van der Waals surface area contributed by atoms with Gasteiger partial charge in [-0.1, -0.05) is 0 Å². The quantitative estimate of drug-likeness (QED) is 0.883.